The number of furan rings is 1. The van der Waals surface area contributed by atoms with Crippen molar-refractivity contribution in [2.24, 2.45) is 0 Å². The van der Waals surface area contributed by atoms with Crippen molar-refractivity contribution in [3.05, 3.63) is 113 Å². The van der Waals surface area contributed by atoms with Gasteiger partial charge in [-0.2, -0.15) is 0 Å². The standard InChI is InChI=1S/C28H28O4/c1-29-24-10-4-20(5-11-24)16-23-19-27(17-21-6-12-25(30-2)13-7-21)32-28(23)18-22-8-14-26(31-3)15-9-22/h4-15,19H,16-18H2,1-3H3. The van der Waals surface area contributed by atoms with E-state index in [2.05, 4.69) is 42.5 Å². The molecule has 0 amide bonds. The average Bonchev–Trinajstić information content (AvgIpc) is 3.20. The molecule has 0 unspecified atom stereocenters. The summed E-state index contributed by atoms with van der Waals surface area (Å²) < 4.78 is 22.2. The zero-order chi connectivity index (χ0) is 22.3. The molecule has 0 spiro atoms. The van der Waals surface area contributed by atoms with Crippen molar-refractivity contribution in [1.29, 1.82) is 0 Å². The summed E-state index contributed by atoms with van der Waals surface area (Å²) in [6.45, 7) is 0. The van der Waals surface area contributed by atoms with Crippen molar-refractivity contribution in [2.45, 2.75) is 19.3 Å². The van der Waals surface area contributed by atoms with E-state index >= 15 is 0 Å². The Labute approximate surface area is 189 Å². The minimum absolute atomic E-state index is 0.734. The van der Waals surface area contributed by atoms with Crippen LogP contribution in [0.5, 0.6) is 17.2 Å². The van der Waals surface area contributed by atoms with Crippen LogP contribution in [0.2, 0.25) is 0 Å². The van der Waals surface area contributed by atoms with Crippen molar-refractivity contribution in [3.8, 4) is 17.2 Å². The number of benzene rings is 3. The molecule has 32 heavy (non-hydrogen) atoms. The number of ether oxygens (including phenoxy) is 3. The molecule has 4 rings (SSSR count). The second-order valence-electron chi connectivity index (χ2n) is 7.74. The Kier molecular flexibility index (Phi) is 6.81. The molecule has 4 nitrogen and oxygen atoms in total. The highest BCUT2D eigenvalue weighted by atomic mass is 16.5. The Morgan fingerprint density at radius 1 is 0.531 bits per heavy atom. The first-order chi connectivity index (χ1) is 15.7. The van der Waals surface area contributed by atoms with Crippen molar-refractivity contribution in [2.75, 3.05) is 21.3 Å². The van der Waals surface area contributed by atoms with E-state index in [4.69, 9.17) is 18.6 Å². The second-order valence-corrected chi connectivity index (χ2v) is 7.74. The van der Waals surface area contributed by atoms with Crippen LogP contribution in [0, 0.1) is 0 Å². The first-order valence-electron chi connectivity index (χ1n) is 10.7. The molecule has 164 valence electrons. The third kappa shape index (κ3) is 5.33. The van der Waals surface area contributed by atoms with E-state index in [1.807, 2.05) is 36.4 Å². The number of methoxy groups -OCH3 is 3. The summed E-state index contributed by atoms with van der Waals surface area (Å²) in [5.74, 6) is 4.52. The van der Waals surface area contributed by atoms with Crippen LogP contribution >= 0.6 is 0 Å². The molecule has 1 heterocycles. The normalized spacial score (nSPS) is 10.7. The van der Waals surface area contributed by atoms with Crippen molar-refractivity contribution >= 4 is 0 Å². The van der Waals surface area contributed by atoms with E-state index in [0.717, 1.165) is 48.0 Å². The van der Waals surface area contributed by atoms with Crippen LogP contribution in [0.1, 0.15) is 33.8 Å². The molecule has 0 saturated carbocycles. The second kappa shape index (κ2) is 10.1. The average molecular weight is 429 g/mol. The minimum atomic E-state index is 0.734. The minimum Gasteiger partial charge on any atom is -0.497 e. The SMILES string of the molecule is COc1ccc(Cc2cc(Cc3ccc(OC)cc3)c(Cc3ccc(OC)cc3)o2)cc1. The van der Waals surface area contributed by atoms with Crippen molar-refractivity contribution < 1.29 is 18.6 Å². The van der Waals surface area contributed by atoms with Crippen molar-refractivity contribution in [3.63, 3.8) is 0 Å². The van der Waals surface area contributed by atoms with Gasteiger partial charge in [0.2, 0.25) is 0 Å². The molecule has 0 radical (unpaired) electrons. The highest BCUT2D eigenvalue weighted by Gasteiger charge is 2.14. The first-order valence-corrected chi connectivity index (χ1v) is 10.7. The summed E-state index contributed by atoms with van der Waals surface area (Å²) in [4.78, 5) is 0. The Morgan fingerprint density at radius 2 is 0.938 bits per heavy atom. The number of rotatable bonds is 9. The fraction of sp³-hybridized carbons (Fsp3) is 0.214. The van der Waals surface area contributed by atoms with E-state index in [9.17, 15) is 0 Å². The van der Waals surface area contributed by atoms with Gasteiger partial charge in [-0.1, -0.05) is 36.4 Å². The Hall–Kier alpha value is -3.66. The molecule has 0 N–H and O–H groups in total. The third-order valence-electron chi connectivity index (χ3n) is 5.56. The smallest absolute Gasteiger partial charge is 0.118 e. The molecule has 4 aromatic rings. The lowest BCUT2D eigenvalue weighted by atomic mass is 10.0. The lowest BCUT2D eigenvalue weighted by molar-refractivity contribution is 0.414. The van der Waals surface area contributed by atoms with Gasteiger partial charge in [0, 0.05) is 19.3 Å². The van der Waals surface area contributed by atoms with Gasteiger partial charge < -0.3 is 18.6 Å². The molecule has 0 aliphatic carbocycles. The van der Waals surface area contributed by atoms with Crippen LogP contribution < -0.4 is 14.2 Å². The number of hydrogen-bond acceptors (Lipinski definition) is 4. The summed E-state index contributed by atoms with van der Waals surface area (Å²) >= 11 is 0. The molecule has 0 bridgehead atoms. The lowest BCUT2D eigenvalue weighted by Crippen LogP contribution is -1.94. The fourth-order valence-corrected chi connectivity index (χ4v) is 3.75. The highest BCUT2D eigenvalue weighted by Crippen LogP contribution is 2.26. The van der Waals surface area contributed by atoms with E-state index in [0.29, 0.717) is 0 Å². The van der Waals surface area contributed by atoms with E-state index in [-0.39, 0.29) is 0 Å². The first kappa shape index (κ1) is 21.6. The summed E-state index contributed by atoms with van der Waals surface area (Å²) in [6.07, 6.45) is 2.28. The Morgan fingerprint density at radius 3 is 1.38 bits per heavy atom. The Balaban J connectivity index is 1.59. The van der Waals surface area contributed by atoms with E-state index in [1.165, 1.54) is 22.3 Å². The third-order valence-corrected chi connectivity index (χ3v) is 5.56. The topological polar surface area (TPSA) is 40.8 Å². The Bertz CT molecular complexity index is 1060. The van der Waals surface area contributed by atoms with Gasteiger partial charge in [0.15, 0.2) is 0 Å². The van der Waals surface area contributed by atoms with Gasteiger partial charge in [-0.25, -0.2) is 0 Å². The zero-order valence-electron chi connectivity index (χ0n) is 18.8. The molecular formula is C28H28O4. The molecule has 0 saturated heterocycles. The monoisotopic (exact) mass is 428 g/mol. The van der Waals surface area contributed by atoms with Crippen LogP contribution in [-0.2, 0) is 19.3 Å². The van der Waals surface area contributed by atoms with Gasteiger partial charge in [0.05, 0.1) is 21.3 Å². The zero-order valence-corrected chi connectivity index (χ0v) is 18.8. The van der Waals surface area contributed by atoms with Gasteiger partial charge in [0.25, 0.3) is 0 Å². The molecule has 0 aliphatic heterocycles. The molecule has 0 atom stereocenters. The van der Waals surface area contributed by atoms with Gasteiger partial charge in [-0.15, -0.1) is 0 Å². The van der Waals surface area contributed by atoms with Crippen molar-refractivity contribution in [1.82, 2.24) is 0 Å². The van der Waals surface area contributed by atoms with Crippen LogP contribution in [0.4, 0.5) is 0 Å². The molecular weight excluding hydrogens is 400 g/mol. The fourth-order valence-electron chi connectivity index (χ4n) is 3.75. The van der Waals surface area contributed by atoms with Gasteiger partial charge >= 0.3 is 0 Å². The predicted octanol–water partition coefficient (Wildman–Crippen LogP) is 6.08. The predicted molar refractivity (Wildman–Crippen MR) is 126 cm³/mol. The van der Waals surface area contributed by atoms with Crippen LogP contribution in [0.25, 0.3) is 0 Å². The maximum absolute atomic E-state index is 6.37. The van der Waals surface area contributed by atoms with E-state index in [1.54, 1.807) is 21.3 Å². The molecule has 1 aromatic heterocycles. The molecule has 3 aromatic carbocycles. The van der Waals surface area contributed by atoms with Gasteiger partial charge in [0.1, 0.15) is 28.8 Å². The summed E-state index contributed by atoms with van der Waals surface area (Å²) in [5.41, 5.74) is 4.80. The quantitative estimate of drug-likeness (QED) is 0.324. The number of hydrogen-bond donors (Lipinski definition) is 0. The molecule has 0 fully saturated rings. The highest BCUT2D eigenvalue weighted by molar-refractivity contribution is 5.38. The van der Waals surface area contributed by atoms with Crippen LogP contribution in [0.15, 0.2) is 83.3 Å². The molecule has 4 heteroatoms. The van der Waals surface area contributed by atoms with Crippen LogP contribution in [0.3, 0.4) is 0 Å². The summed E-state index contributed by atoms with van der Waals surface area (Å²) in [5, 5.41) is 0. The van der Waals surface area contributed by atoms with E-state index < -0.39 is 0 Å². The lowest BCUT2D eigenvalue weighted by Gasteiger charge is -2.06. The summed E-state index contributed by atoms with van der Waals surface area (Å²) in [7, 11) is 5.04. The van der Waals surface area contributed by atoms with Crippen LogP contribution in [-0.4, -0.2) is 21.3 Å². The molecule has 0 aliphatic rings. The maximum Gasteiger partial charge on any atom is 0.118 e. The van der Waals surface area contributed by atoms with Gasteiger partial charge in [-0.05, 0) is 64.7 Å². The largest absolute Gasteiger partial charge is 0.497 e. The summed E-state index contributed by atoms with van der Waals surface area (Å²) in [6, 6.07) is 26.6. The van der Waals surface area contributed by atoms with Gasteiger partial charge in [-0.3, -0.25) is 0 Å². The maximum atomic E-state index is 6.37.